The van der Waals surface area contributed by atoms with Crippen LogP contribution in [0.2, 0.25) is 0 Å². The van der Waals surface area contributed by atoms with Crippen LogP contribution in [0.3, 0.4) is 0 Å². The highest BCUT2D eigenvalue weighted by atomic mass is 16.5. The van der Waals surface area contributed by atoms with E-state index in [9.17, 15) is 14.4 Å². The summed E-state index contributed by atoms with van der Waals surface area (Å²) in [5, 5.41) is 2.69. The lowest BCUT2D eigenvalue weighted by molar-refractivity contribution is -0.123. The number of anilines is 2. The predicted octanol–water partition coefficient (Wildman–Crippen LogP) is 2.54. The number of benzene rings is 2. The van der Waals surface area contributed by atoms with Gasteiger partial charge in [0.25, 0.3) is 5.91 Å². The molecule has 27 heavy (non-hydrogen) atoms. The lowest BCUT2D eigenvalue weighted by Crippen LogP contribution is -2.43. The maximum Gasteiger partial charge on any atom is 0.340 e. The number of fused-ring (bicyclic) bond motifs is 1. The van der Waals surface area contributed by atoms with Crippen LogP contribution in [0.4, 0.5) is 11.4 Å². The van der Waals surface area contributed by atoms with Gasteiger partial charge < -0.3 is 14.8 Å². The molecule has 1 aliphatic rings. The fourth-order valence-corrected chi connectivity index (χ4v) is 2.80. The number of aryl methyl sites for hydroxylation is 1. The monoisotopic (exact) mass is 368 g/mol. The minimum absolute atomic E-state index is 0.122. The molecule has 0 spiro atoms. The van der Waals surface area contributed by atoms with Crippen molar-refractivity contribution in [1.29, 1.82) is 0 Å². The molecule has 2 aromatic carbocycles. The Morgan fingerprint density at radius 3 is 2.78 bits per heavy atom. The van der Waals surface area contributed by atoms with Gasteiger partial charge in [0.15, 0.2) is 6.61 Å². The van der Waals surface area contributed by atoms with E-state index in [0.717, 1.165) is 5.56 Å². The highest BCUT2D eigenvalue weighted by Gasteiger charge is 2.27. The lowest BCUT2D eigenvalue weighted by Gasteiger charge is -2.29. The van der Waals surface area contributed by atoms with Crippen molar-refractivity contribution in [3.8, 4) is 5.75 Å². The molecule has 0 bridgehead atoms. The Morgan fingerprint density at radius 1 is 1.22 bits per heavy atom. The second-order valence-corrected chi connectivity index (χ2v) is 6.05. The molecular formula is C20H20N2O5. The van der Waals surface area contributed by atoms with Gasteiger partial charge >= 0.3 is 5.97 Å². The molecule has 2 amide bonds. The third-order valence-electron chi connectivity index (χ3n) is 4.06. The van der Waals surface area contributed by atoms with E-state index in [0.29, 0.717) is 17.1 Å². The molecule has 1 aliphatic heterocycles. The van der Waals surface area contributed by atoms with Crippen LogP contribution < -0.4 is 15.0 Å². The minimum Gasteiger partial charge on any atom is -0.482 e. The molecule has 140 valence electrons. The Bertz CT molecular complexity index is 894. The summed E-state index contributed by atoms with van der Waals surface area (Å²) >= 11 is 0. The first-order chi connectivity index (χ1) is 13.0. The standard InChI is InChI=1S/C20H20N2O5/c1-3-26-20(25)14-6-4-5-7-15(14)21-18(23)11-22-16-9-8-13(2)10-17(16)27-12-19(22)24/h4-10H,3,11-12H2,1-2H3,(H,21,23). The third-order valence-corrected chi connectivity index (χ3v) is 4.06. The summed E-state index contributed by atoms with van der Waals surface area (Å²) in [7, 11) is 0. The first-order valence-electron chi connectivity index (χ1n) is 8.59. The van der Waals surface area contributed by atoms with Crippen molar-refractivity contribution in [1.82, 2.24) is 0 Å². The van der Waals surface area contributed by atoms with Gasteiger partial charge in [0.1, 0.15) is 12.3 Å². The van der Waals surface area contributed by atoms with Crippen LogP contribution in [0.5, 0.6) is 5.75 Å². The summed E-state index contributed by atoms with van der Waals surface area (Å²) in [6.45, 7) is 3.56. The van der Waals surface area contributed by atoms with Crippen molar-refractivity contribution in [2.75, 3.05) is 30.0 Å². The normalized spacial score (nSPS) is 12.8. The summed E-state index contributed by atoms with van der Waals surface area (Å²) in [5.74, 6) is -0.681. The highest BCUT2D eigenvalue weighted by molar-refractivity contribution is 6.07. The Labute approximate surface area is 156 Å². The summed E-state index contributed by atoms with van der Waals surface area (Å²) in [5.41, 5.74) is 2.14. The zero-order valence-corrected chi connectivity index (χ0v) is 15.2. The van der Waals surface area contributed by atoms with Crippen LogP contribution in [-0.2, 0) is 14.3 Å². The lowest BCUT2D eigenvalue weighted by atomic mass is 10.1. The zero-order chi connectivity index (χ0) is 19.4. The Balaban J connectivity index is 1.78. The first kappa shape index (κ1) is 18.4. The van der Waals surface area contributed by atoms with Gasteiger partial charge in [-0.15, -0.1) is 0 Å². The summed E-state index contributed by atoms with van der Waals surface area (Å²) in [6.07, 6.45) is 0. The first-order valence-corrected chi connectivity index (χ1v) is 8.59. The molecule has 0 fully saturated rings. The Hall–Kier alpha value is -3.35. The van der Waals surface area contributed by atoms with Crippen molar-refractivity contribution in [2.24, 2.45) is 0 Å². The number of esters is 1. The van der Waals surface area contributed by atoms with Crippen LogP contribution >= 0.6 is 0 Å². The van der Waals surface area contributed by atoms with Gasteiger partial charge in [-0.05, 0) is 43.7 Å². The number of hydrogen-bond acceptors (Lipinski definition) is 5. The van der Waals surface area contributed by atoms with Crippen LogP contribution in [0.1, 0.15) is 22.8 Å². The van der Waals surface area contributed by atoms with Gasteiger partial charge in [-0.2, -0.15) is 0 Å². The van der Waals surface area contributed by atoms with Crippen molar-refractivity contribution < 1.29 is 23.9 Å². The van der Waals surface area contributed by atoms with Crippen LogP contribution in [0.25, 0.3) is 0 Å². The number of nitrogens with zero attached hydrogens (tertiary/aromatic N) is 1. The largest absolute Gasteiger partial charge is 0.482 e. The smallest absolute Gasteiger partial charge is 0.340 e. The number of nitrogens with one attached hydrogen (secondary N) is 1. The van der Waals surface area contributed by atoms with Crippen molar-refractivity contribution in [2.45, 2.75) is 13.8 Å². The van der Waals surface area contributed by atoms with Gasteiger partial charge in [0.2, 0.25) is 5.91 Å². The van der Waals surface area contributed by atoms with E-state index < -0.39 is 11.9 Å². The molecule has 0 saturated carbocycles. The molecule has 1 N–H and O–H groups in total. The predicted molar refractivity (Wildman–Crippen MR) is 100 cm³/mol. The molecule has 3 rings (SSSR count). The second kappa shape index (κ2) is 7.90. The van der Waals surface area contributed by atoms with E-state index in [1.165, 1.54) is 4.90 Å². The van der Waals surface area contributed by atoms with Crippen LogP contribution in [0, 0.1) is 6.92 Å². The van der Waals surface area contributed by atoms with Gasteiger partial charge in [-0.3, -0.25) is 14.5 Å². The van der Waals surface area contributed by atoms with E-state index in [4.69, 9.17) is 9.47 Å². The molecule has 0 saturated heterocycles. The van der Waals surface area contributed by atoms with Crippen molar-refractivity contribution >= 4 is 29.2 Å². The maximum atomic E-state index is 12.5. The number of hydrogen-bond donors (Lipinski definition) is 1. The second-order valence-electron chi connectivity index (χ2n) is 6.05. The molecule has 7 heteroatoms. The number of amides is 2. The van der Waals surface area contributed by atoms with E-state index >= 15 is 0 Å². The average Bonchev–Trinajstić information content (AvgIpc) is 2.64. The number of para-hydroxylation sites is 1. The van der Waals surface area contributed by atoms with Gasteiger partial charge in [0, 0.05) is 0 Å². The van der Waals surface area contributed by atoms with Gasteiger partial charge in [-0.25, -0.2) is 4.79 Å². The van der Waals surface area contributed by atoms with Crippen LogP contribution in [-0.4, -0.2) is 37.5 Å². The quantitative estimate of drug-likeness (QED) is 0.820. The topological polar surface area (TPSA) is 84.9 Å². The fourth-order valence-electron chi connectivity index (χ4n) is 2.80. The molecule has 7 nitrogen and oxygen atoms in total. The Morgan fingerprint density at radius 2 is 2.00 bits per heavy atom. The van der Waals surface area contributed by atoms with Crippen molar-refractivity contribution in [3.05, 3.63) is 53.6 Å². The van der Waals surface area contributed by atoms with E-state index in [1.54, 1.807) is 37.3 Å². The molecule has 0 aromatic heterocycles. The molecule has 2 aromatic rings. The maximum absolute atomic E-state index is 12.5. The Kier molecular flexibility index (Phi) is 5.40. The number of carbonyl (C=O) groups is 3. The molecule has 0 radical (unpaired) electrons. The number of carbonyl (C=O) groups excluding carboxylic acids is 3. The summed E-state index contributed by atoms with van der Waals surface area (Å²) in [6, 6.07) is 12.0. The van der Waals surface area contributed by atoms with Gasteiger partial charge in [-0.1, -0.05) is 18.2 Å². The molecule has 0 unspecified atom stereocenters. The average molecular weight is 368 g/mol. The van der Waals surface area contributed by atoms with E-state index in [2.05, 4.69) is 5.32 Å². The molecular weight excluding hydrogens is 348 g/mol. The SMILES string of the molecule is CCOC(=O)c1ccccc1NC(=O)CN1C(=O)COc2cc(C)ccc21. The van der Waals surface area contributed by atoms with E-state index in [-0.39, 0.29) is 31.2 Å². The summed E-state index contributed by atoms with van der Waals surface area (Å²) in [4.78, 5) is 38.2. The van der Waals surface area contributed by atoms with Crippen LogP contribution in [0.15, 0.2) is 42.5 Å². The minimum atomic E-state index is -0.517. The number of rotatable bonds is 5. The fraction of sp³-hybridized carbons (Fsp3) is 0.250. The highest BCUT2D eigenvalue weighted by Crippen LogP contribution is 2.32. The molecule has 0 aliphatic carbocycles. The van der Waals surface area contributed by atoms with Gasteiger partial charge in [0.05, 0.1) is 23.5 Å². The zero-order valence-electron chi connectivity index (χ0n) is 15.2. The molecule has 1 heterocycles. The van der Waals surface area contributed by atoms with E-state index in [1.807, 2.05) is 19.1 Å². The summed E-state index contributed by atoms with van der Waals surface area (Å²) < 4.78 is 10.4. The van der Waals surface area contributed by atoms with Crippen molar-refractivity contribution in [3.63, 3.8) is 0 Å². The number of ether oxygens (including phenoxy) is 2. The molecule has 0 atom stereocenters. The third kappa shape index (κ3) is 4.08.